The van der Waals surface area contributed by atoms with Gasteiger partial charge in [-0.3, -0.25) is 4.57 Å². The molecule has 1 unspecified atom stereocenters. The van der Waals surface area contributed by atoms with Gasteiger partial charge in [0.05, 0.1) is 13.2 Å². The van der Waals surface area contributed by atoms with Gasteiger partial charge in [-0.15, -0.1) is 0 Å². The summed E-state index contributed by atoms with van der Waals surface area (Å²) in [6.45, 7) is 2.87. The fourth-order valence-corrected chi connectivity index (χ4v) is 1.60. The summed E-state index contributed by atoms with van der Waals surface area (Å²) in [6.07, 6.45) is 7.14. The highest BCUT2D eigenvalue weighted by atomic mass is 31.2. The number of phosphoric ester groups is 1. The number of ether oxygens (including phenoxy) is 1. The van der Waals surface area contributed by atoms with Crippen LogP contribution >= 0.6 is 7.82 Å². The highest BCUT2D eigenvalue weighted by Crippen LogP contribution is 2.29. The van der Waals surface area contributed by atoms with Crippen LogP contribution in [0.2, 0.25) is 0 Å². The number of hydrogen-bond acceptors (Lipinski definition) is 4. The molecule has 0 bridgehead atoms. The SMILES string of the molecule is CCCCCCCCOCCOP(=O)([O-])O. The van der Waals surface area contributed by atoms with Crippen molar-refractivity contribution in [3.63, 3.8) is 0 Å². The zero-order valence-corrected chi connectivity index (χ0v) is 10.8. The molecule has 0 heterocycles. The lowest BCUT2D eigenvalue weighted by atomic mass is 10.1. The normalized spacial score (nSPS) is 14.9. The van der Waals surface area contributed by atoms with Crippen LogP contribution in [0, 0.1) is 0 Å². The molecule has 0 saturated carbocycles. The molecule has 0 saturated heterocycles. The molecule has 0 aliphatic carbocycles. The topological polar surface area (TPSA) is 78.8 Å². The summed E-state index contributed by atoms with van der Waals surface area (Å²) in [7, 11) is -4.57. The van der Waals surface area contributed by atoms with Crippen LogP contribution in [0.4, 0.5) is 0 Å². The van der Waals surface area contributed by atoms with Crippen LogP contribution in [0.25, 0.3) is 0 Å². The second kappa shape index (κ2) is 10.2. The van der Waals surface area contributed by atoms with Crippen molar-refractivity contribution in [2.24, 2.45) is 0 Å². The fraction of sp³-hybridized carbons (Fsp3) is 1.00. The van der Waals surface area contributed by atoms with E-state index >= 15 is 0 Å². The van der Waals surface area contributed by atoms with Gasteiger partial charge in [0.15, 0.2) is 0 Å². The van der Waals surface area contributed by atoms with Crippen molar-refractivity contribution in [1.29, 1.82) is 0 Å². The molecule has 0 aliphatic heterocycles. The minimum atomic E-state index is -4.57. The Morgan fingerprint density at radius 1 is 1.06 bits per heavy atom. The van der Waals surface area contributed by atoms with Crippen LogP contribution in [-0.4, -0.2) is 24.7 Å². The first-order valence-corrected chi connectivity index (χ1v) is 7.32. The van der Waals surface area contributed by atoms with E-state index < -0.39 is 7.82 Å². The van der Waals surface area contributed by atoms with E-state index in [1.165, 1.54) is 25.7 Å². The van der Waals surface area contributed by atoms with E-state index in [0.717, 1.165) is 12.8 Å². The van der Waals surface area contributed by atoms with E-state index in [2.05, 4.69) is 11.4 Å². The zero-order chi connectivity index (χ0) is 12.3. The van der Waals surface area contributed by atoms with Crippen LogP contribution in [0.3, 0.4) is 0 Å². The summed E-state index contributed by atoms with van der Waals surface area (Å²) >= 11 is 0. The lowest BCUT2D eigenvalue weighted by Crippen LogP contribution is -2.09. The summed E-state index contributed by atoms with van der Waals surface area (Å²) in [4.78, 5) is 18.4. The van der Waals surface area contributed by atoms with Crippen LogP contribution in [0.5, 0.6) is 0 Å². The first kappa shape index (κ1) is 16.1. The van der Waals surface area contributed by atoms with Gasteiger partial charge in [0, 0.05) is 6.61 Å². The minimum Gasteiger partial charge on any atom is -0.756 e. The highest BCUT2D eigenvalue weighted by molar-refractivity contribution is 7.44. The van der Waals surface area contributed by atoms with Gasteiger partial charge in [-0.05, 0) is 6.42 Å². The van der Waals surface area contributed by atoms with Crippen molar-refractivity contribution < 1.29 is 23.6 Å². The minimum absolute atomic E-state index is 0.118. The molecular formula is C10H22O5P-. The fourth-order valence-electron chi connectivity index (χ4n) is 1.30. The Morgan fingerprint density at radius 3 is 2.31 bits per heavy atom. The van der Waals surface area contributed by atoms with E-state index in [0.29, 0.717) is 6.61 Å². The van der Waals surface area contributed by atoms with Crippen molar-refractivity contribution in [2.45, 2.75) is 45.4 Å². The molecule has 16 heavy (non-hydrogen) atoms. The quantitative estimate of drug-likeness (QED) is 0.449. The van der Waals surface area contributed by atoms with Gasteiger partial charge >= 0.3 is 0 Å². The second-order valence-electron chi connectivity index (χ2n) is 3.68. The molecule has 0 radical (unpaired) electrons. The van der Waals surface area contributed by atoms with Gasteiger partial charge in [0.25, 0.3) is 7.82 Å². The standard InChI is InChI=1S/C10H23O5P/c1-2-3-4-5-6-7-8-14-9-10-15-16(11,12)13/h2-10H2,1H3,(H2,11,12,13)/p-1. The summed E-state index contributed by atoms with van der Waals surface area (Å²) in [5, 5.41) is 0. The van der Waals surface area contributed by atoms with Gasteiger partial charge in [-0.2, -0.15) is 0 Å². The molecule has 98 valence electrons. The van der Waals surface area contributed by atoms with E-state index in [4.69, 9.17) is 9.63 Å². The molecule has 0 rings (SSSR count). The van der Waals surface area contributed by atoms with Gasteiger partial charge in [-0.25, -0.2) is 0 Å². The molecule has 0 aromatic carbocycles. The molecule has 0 fully saturated rings. The lowest BCUT2D eigenvalue weighted by molar-refractivity contribution is -0.220. The molecular weight excluding hydrogens is 231 g/mol. The molecule has 5 nitrogen and oxygen atoms in total. The predicted molar refractivity (Wildman–Crippen MR) is 60.0 cm³/mol. The Hall–Kier alpha value is 0.0700. The smallest absolute Gasteiger partial charge is 0.265 e. The van der Waals surface area contributed by atoms with Crippen molar-refractivity contribution >= 4 is 7.82 Å². The summed E-state index contributed by atoms with van der Waals surface area (Å²) in [6, 6.07) is 0. The number of hydrogen-bond donors (Lipinski definition) is 1. The molecule has 0 aromatic rings. The van der Waals surface area contributed by atoms with E-state index in [1.54, 1.807) is 0 Å². The maximum absolute atomic E-state index is 10.2. The first-order valence-electron chi connectivity index (χ1n) is 5.82. The molecule has 0 spiro atoms. The van der Waals surface area contributed by atoms with Crippen LogP contribution < -0.4 is 4.89 Å². The molecule has 1 N–H and O–H groups in total. The third kappa shape index (κ3) is 14.1. The molecule has 0 aromatic heterocycles. The Bertz CT molecular complexity index is 192. The van der Waals surface area contributed by atoms with E-state index in [9.17, 15) is 9.46 Å². The summed E-state index contributed by atoms with van der Waals surface area (Å²) < 4.78 is 19.4. The number of rotatable bonds is 11. The third-order valence-electron chi connectivity index (χ3n) is 2.12. The predicted octanol–water partition coefficient (Wildman–Crippen LogP) is 1.84. The summed E-state index contributed by atoms with van der Waals surface area (Å²) in [5.41, 5.74) is 0. The zero-order valence-electron chi connectivity index (χ0n) is 9.89. The average molecular weight is 253 g/mol. The van der Waals surface area contributed by atoms with E-state index in [-0.39, 0.29) is 13.2 Å². The van der Waals surface area contributed by atoms with Crippen LogP contribution in [0.1, 0.15) is 45.4 Å². The van der Waals surface area contributed by atoms with Gasteiger partial charge in [0.1, 0.15) is 0 Å². The van der Waals surface area contributed by atoms with E-state index in [1.807, 2.05) is 0 Å². The maximum Gasteiger partial charge on any atom is 0.265 e. The highest BCUT2D eigenvalue weighted by Gasteiger charge is 2.00. The Labute approximate surface area is 97.4 Å². The van der Waals surface area contributed by atoms with Gasteiger partial charge in [-0.1, -0.05) is 39.0 Å². The van der Waals surface area contributed by atoms with Crippen molar-refractivity contribution in [3.05, 3.63) is 0 Å². The van der Waals surface area contributed by atoms with Crippen molar-refractivity contribution in [2.75, 3.05) is 19.8 Å². The Kier molecular flexibility index (Phi) is 10.3. The van der Waals surface area contributed by atoms with Crippen LogP contribution in [-0.2, 0) is 13.8 Å². The molecule has 1 atom stereocenters. The largest absolute Gasteiger partial charge is 0.756 e. The Balaban J connectivity index is 3.02. The Morgan fingerprint density at radius 2 is 1.69 bits per heavy atom. The number of unbranched alkanes of at least 4 members (excludes halogenated alkanes) is 5. The summed E-state index contributed by atoms with van der Waals surface area (Å²) in [5.74, 6) is 0. The second-order valence-corrected chi connectivity index (χ2v) is 4.88. The van der Waals surface area contributed by atoms with Gasteiger partial charge < -0.3 is 19.0 Å². The van der Waals surface area contributed by atoms with Crippen LogP contribution in [0.15, 0.2) is 0 Å². The van der Waals surface area contributed by atoms with Crippen molar-refractivity contribution in [3.8, 4) is 0 Å². The van der Waals surface area contributed by atoms with Crippen molar-refractivity contribution in [1.82, 2.24) is 0 Å². The lowest BCUT2D eigenvalue weighted by Gasteiger charge is -2.15. The molecule has 0 aliphatic rings. The molecule has 6 heteroatoms. The number of phosphoric acid groups is 1. The average Bonchev–Trinajstić information content (AvgIpc) is 2.19. The van der Waals surface area contributed by atoms with Gasteiger partial charge in [0.2, 0.25) is 0 Å². The first-order chi connectivity index (χ1) is 7.56. The third-order valence-corrected chi connectivity index (χ3v) is 2.63. The maximum atomic E-state index is 10.2. The molecule has 0 amide bonds. The monoisotopic (exact) mass is 253 g/mol.